The van der Waals surface area contributed by atoms with Gasteiger partial charge in [-0.05, 0) is 39.6 Å². The van der Waals surface area contributed by atoms with Crippen molar-refractivity contribution in [1.82, 2.24) is 15.1 Å². The minimum absolute atomic E-state index is 0.111. The molecule has 0 spiro atoms. The van der Waals surface area contributed by atoms with E-state index < -0.39 is 5.82 Å². The topological polar surface area (TPSA) is 46.1 Å². The maximum Gasteiger partial charge on any atom is 0.257 e. The normalized spacial score (nSPS) is 13.1. The number of carbonyl (C=O) groups excluding carboxylic acids is 1. The quantitative estimate of drug-likeness (QED) is 0.515. The van der Waals surface area contributed by atoms with Crippen LogP contribution in [0, 0.1) is 5.82 Å². The molecule has 2 aromatic heterocycles. The lowest BCUT2D eigenvalue weighted by Crippen LogP contribution is -2.26. The number of hydrogen-bond donors (Lipinski definition) is 0. The molecule has 1 aliphatic heterocycles. The number of carbonyl (C=O) groups is 1. The van der Waals surface area contributed by atoms with Crippen LogP contribution in [0.4, 0.5) is 4.39 Å². The van der Waals surface area contributed by atoms with Gasteiger partial charge < -0.3 is 4.90 Å². The number of rotatable bonds is 3. The number of nitrogens with zero attached hydrogens (tertiary/aromatic N) is 3. The highest BCUT2D eigenvalue weighted by atomic mass is 32.1. The van der Waals surface area contributed by atoms with Crippen LogP contribution in [0.25, 0.3) is 10.8 Å². The van der Waals surface area contributed by atoms with Gasteiger partial charge in [0.15, 0.2) is 0 Å². The molecule has 3 heterocycles. The van der Waals surface area contributed by atoms with Gasteiger partial charge >= 0.3 is 0 Å². The van der Waals surface area contributed by atoms with E-state index in [1.807, 2.05) is 24.3 Å². The number of fused-ring (bicyclic) bond motifs is 2. The Balaban J connectivity index is 1.44. The molecule has 0 unspecified atom stereocenters. The first-order valence-corrected chi connectivity index (χ1v) is 9.94. The third-order valence-corrected chi connectivity index (χ3v) is 5.96. The van der Waals surface area contributed by atoms with Crippen molar-refractivity contribution in [3.63, 3.8) is 0 Å². The lowest BCUT2D eigenvalue weighted by molar-refractivity contribution is 0.0746. The third-order valence-electron chi connectivity index (χ3n) is 5.12. The highest BCUT2D eigenvalue weighted by Crippen LogP contribution is 2.28. The van der Waals surface area contributed by atoms with Crippen LogP contribution in [0.2, 0.25) is 0 Å². The van der Waals surface area contributed by atoms with Gasteiger partial charge in [0, 0.05) is 30.3 Å². The summed E-state index contributed by atoms with van der Waals surface area (Å²) in [6, 6.07) is 12.6. The summed E-state index contributed by atoms with van der Waals surface area (Å²) in [4.78, 5) is 14.6. The largest absolute Gasteiger partial charge is 0.330 e. The van der Waals surface area contributed by atoms with Crippen molar-refractivity contribution in [1.29, 1.82) is 0 Å². The molecule has 138 valence electrons. The summed E-state index contributed by atoms with van der Waals surface area (Å²) < 4.78 is 14.4. The highest BCUT2D eigenvalue weighted by molar-refractivity contribution is 7.08. The van der Waals surface area contributed by atoms with Crippen LogP contribution >= 0.6 is 11.3 Å². The van der Waals surface area contributed by atoms with Crippen molar-refractivity contribution in [3.05, 3.63) is 93.2 Å². The Kier molecular flexibility index (Phi) is 4.13. The van der Waals surface area contributed by atoms with Crippen LogP contribution in [-0.2, 0) is 19.5 Å². The minimum Gasteiger partial charge on any atom is -0.330 e. The summed E-state index contributed by atoms with van der Waals surface area (Å²) >= 11 is 1.63. The Hall–Kier alpha value is -3.12. The van der Waals surface area contributed by atoms with E-state index in [4.69, 9.17) is 0 Å². The summed E-state index contributed by atoms with van der Waals surface area (Å²) in [5.74, 6) is -0.767. The number of hydrogen-bond acceptors (Lipinski definition) is 4. The number of halogens is 1. The standard InChI is InChI=1S/C22H16FN3OS/c23-20-6-5-14(8-21-18-4-2-1-3-15(18)9-24-25-21)7-19(20)22(27)26-10-16-12-28-13-17(16)11-26/h1-7,9,12-13H,8,10-11H2. The summed E-state index contributed by atoms with van der Waals surface area (Å²) in [6.45, 7) is 1.08. The fourth-order valence-electron chi connectivity index (χ4n) is 3.67. The Bertz CT molecular complexity index is 1180. The average molecular weight is 389 g/mol. The van der Waals surface area contributed by atoms with E-state index in [2.05, 4.69) is 21.0 Å². The Morgan fingerprint density at radius 1 is 1.11 bits per heavy atom. The van der Waals surface area contributed by atoms with Crippen molar-refractivity contribution in [3.8, 4) is 0 Å². The molecule has 6 heteroatoms. The third kappa shape index (κ3) is 2.96. The Morgan fingerprint density at radius 3 is 2.71 bits per heavy atom. The van der Waals surface area contributed by atoms with E-state index in [1.54, 1.807) is 34.6 Å². The van der Waals surface area contributed by atoms with Gasteiger partial charge in [0.25, 0.3) is 5.91 Å². The molecule has 0 bridgehead atoms. The van der Waals surface area contributed by atoms with Gasteiger partial charge in [-0.25, -0.2) is 4.39 Å². The highest BCUT2D eigenvalue weighted by Gasteiger charge is 2.26. The van der Waals surface area contributed by atoms with Gasteiger partial charge in [-0.2, -0.15) is 21.5 Å². The number of benzene rings is 2. The first-order valence-electron chi connectivity index (χ1n) is 9.00. The van der Waals surface area contributed by atoms with Gasteiger partial charge in [0.2, 0.25) is 0 Å². The molecular formula is C22H16FN3OS. The van der Waals surface area contributed by atoms with Gasteiger partial charge in [0.05, 0.1) is 17.5 Å². The Labute approximate surface area is 165 Å². The second-order valence-corrected chi connectivity index (χ2v) is 7.70. The predicted octanol–water partition coefficient (Wildman–Crippen LogP) is 4.58. The fraction of sp³-hybridized carbons (Fsp3) is 0.136. The van der Waals surface area contributed by atoms with Crippen molar-refractivity contribution >= 4 is 28.0 Å². The number of thiophene rings is 1. The van der Waals surface area contributed by atoms with E-state index in [0.29, 0.717) is 19.5 Å². The van der Waals surface area contributed by atoms with Gasteiger partial charge in [-0.15, -0.1) is 0 Å². The zero-order chi connectivity index (χ0) is 19.1. The van der Waals surface area contributed by atoms with Crippen LogP contribution < -0.4 is 0 Å². The molecule has 5 rings (SSSR count). The molecule has 0 aliphatic carbocycles. The maximum absolute atomic E-state index is 14.4. The zero-order valence-corrected chi connectivity index (χ0v) is 15.7. The maximum atomic E-state index is 14.4. The van der Waals surface area contributed by atoms with Crippen molar-refractivity contribution in [2.24, 2.45) is 0 Å². The second-order valence-electron chi connectivity index (χ2n) is 6.95. The van der Waals surface area contributed by atoms with E-state index in [-0.39, 0.29) is 11.5 Å². The van der Waals surface area contributed by atoms with Crippen molar-refractivity contribution < 1.29 is 9.18 Å². The average Bonchev–Trinajstić information content (AvgIpc) is 3.31. The molecule has 0 saturated heterocycles. The van der Waals surface area contributed by atoms with Crippen molar-refractivity contribution in [2.75, 3.05) is 0 Å². The molecule has 28 heavy (non-hydrogen) atoms. The summed E-state index contributed by atoms with van der Waals surface area (Å²) in [5.41, 5.74) is 4.07. The van der Waals surface area contributed by atoms with E-state index in [0.717, 1.165) is 33.2 Å². The zero-order valence-electron chi connectivity index (χ0n) is 14.9. The monoisotopic (exact) mass is 389 g/mol. The van der Waals surface area contributed by atoms with Crippen LogP contribution in [0.15, 0.2) is 59.4 Å². The van der Waals surface area contributed by atoms with E-state index >= 15 is 0 Å². The fourth-order valence-corrected chi connectivity index (χ4v) is 4.51. The van der Waals surface area contributed by atoms with Crippen LogP contribution in [0.3, 0.4) is 0 Å². The van der Waals surface area contributed by atoms with Crippen LogP contribution in [0.1, 0.15) is 32.7 Å². The van der Waals surface area contributed by atoms with E-state index in [9.17, 15) is 9.18 Å². The van der Waals surface area contributed by atoms with Gasteiger partial charge in [0.1, 0.15) is 5.82 Å². The molecule has 4 nitrogen and oxygen atoms in total. The first kappa shape index (κ1) is 17.0. The minimum atomic E-state index is -0.493. The van der Waals surface area contributed by atoms with E-state index in [1.165, 1.54) is 6.07 Å². The predicted molar refractivity (Wildman–Crippen MR) is 107 cm³/mol. The summed E-state index contributed by atoms with van der Waals surface area (Å²) in [7, 11) is 0. The molecule has 4 aromatic rings. The smallest absolute Gasteiger partial charge is 0.257 e. The molecule has 0 saturated carbocycles. The summed E-state index contributed by atoms with van der Waals surface area (Å²) in [5, 5.41) is 14.4. The lowest BCUT2D eigenvalue weighted by atomic mass is 10.0. The molecule has 0 radical (unpaired) electrons. The molecule has 1 amide bonds. The molecule has 0 atom stereocenters. The lowest BCUT2D eigenvalue weighted by Gasteiger charge is -2.17. The SMILES string of the molecule is O=C(c1cc(Cc2nncc3ccccc23)ccc1F)N1Cc2cscc2C1. The first-order chi connectivity index (χ1) is 13.7. The number of amides is 1. The van der Waals surface area contributed by atoms with Crippen LogP contribution in [0.5, 0.6) is 0 Å². The molecule has 0 fully saturated rings. The van der Waals surface area contributed by atoms with Crippen LogP contribution in [-0.4, -0.2) is 21.0 Å². The van der Waals surface area contributed by atoms with Crippen molar-refractivity contribution in [2.45, 2.75) is 19.5 Å². The molecule has 2 aromatic carbocycles. The molecule has 1 aliphatic rings. The second kappa shape index (κ2) is 6.80. The molecular weight excluding hydrogens is 373 g/mol. The van der Waals surface area contributed by atoms with Gasteiger partial charge in [-0.1, -0.05) is 30.3 Å². The molecule has 0 N–H and O–H groups in total. The van der Waals surface area contributed by atoms with Gasteiger partial charge in [-0.3, -0.25) is 4.79 Å². The Morgan fingerprint density at radius 2 is 1.89 bits per heavy atom. The number of aromatic nitrogens is 2. The summed E-state index contributed by atoms with van der Waals surface area (Å²) in [6.07, 6.45) is 2.21.